The Morgan fingerprint density at radius 2 is 2.00 bits per heavy atom. The van der Waals surface area contributed by atoms with Crippen LogP contribution in [0.4, 0.5) is 5.69 Å². The molecule has 0 aliphatic carbocycles. The van der Waals surface area contributed by atoms with Gasteiger partial charge in [-0.15, -0.1) is 0 Å². The molecule has 0 unspecified atom stereocenters. The third-order valence-corrected chi connectivity index (χ3v) is 2.84. The van der Waals surface area contributed by atoms with Crippen LogP contribution in [-0.2, 0) is 14.3 Å². The number of rotatable bonds is 5. The fourth-order valence-corrected chi connectivity index (χ4v) is 1.83. The Hall–Kier alpha value is -3.14. The number of hydrogen-bond acceptors (Lipinski definition) is 5. The number of amides is 2. The molecule has 0 aliphatic rings. The van der Waals surface area contributed by atoms with Crippen molar-refractivity contribution in [1.82, 2.24) is 5.32 Å². The van der Waals surface area contributed by atoms with Crippen molar-refractivity contribution in [2.45, 2.75) is 13.8 Å². The molecule has 0 saturated carbocycles. The number of aryl methyl sites for hydroxylation is 1. The van der Waals surface area contributed by atoms with E-state index in [9.17, 15) is 14.4 Å². The van der Waals surface area contributed by atoms with Gasteiger partial charge in [0.2, 0.25) is 5.91 Å². The van der Waals surface area contributed by atoms with Crippen molar-refractivity contribution in [3.8, 4) is 6.07 Å². The molecule has 1 aromatic carbocycles. The average Bonchev–Trinajstić information content (AvgIpc) is 2.54. The van der Waals surface area contributed by atoms with Gasteiger partial charge in [-0.25, -0.2) is 4.79 Å². The SMILES string of the molecule is CCOC(=O)/C=C\C(=O)Nc1c(C)cc(C#N)cc1C(=O)NC. The number of nitrogens with zero attached hydrogens (tertiary/aromatic N) is 1. The number of ether oxygens (including phenoxy) is 1. The molecule has 0 atom stereocenters. The highest BCUT2D eigenvalue weighted by molar-refractivity contribution is 6.08. The first kappa shape index (κ1) is 17.9. The normalized spacial score (nSPS) is 10.0. The molecule has 1 rings (SSSR count). The Labute approximate surface area is 133 Å². The topological polar surface area (TPSA) is 108 Å². The first-order valence-electron chi connectivity index (χ1n) is 6.85. The lowest BCUT2D eigenvalue weighted by molar-refractivity contribution is -0.137. The Bertz CT molecular complexity index is 702. The Kier molecular flexibility index (Phi) is 6.49. The van der Waals surface area contributed by atoms with Crippen molar-refractivity contribution >= 4 is 23.5 Å². The maximum absolute atomic E-state index is 11.9. The first-order chi connectivity index (χ1) is 10.9. The van der Waals surface area contributed by atoms with Crippen LogP contribution in [0.5, 0.6) is 0 Å². The van der Waals surface area contributed by atoms with Gasteiger partial charge >= 0.3 is 5.97 Å². The van der Waals surface area contributed by atoms with Crippen molar-refractivity contribution in [1.29, 1.82) is 5.26 Å². The molecular formula is C16H17N3O4. The molecule has 23 heavy (non-hydrogen) atoms. The summed E-state index contributed by atoms with van der Waals surface area (Å²) in [5.41, 5.74) is 1.31. The van der Waals surface area contributed by atoms with Gasteiger partial charge in [0.05, 0.1) is 29.5 Å². The van der Waals surface area contributed by atoms with E-state index >= 15 is 0 Å². The van der Waals surface area contributed by atoms with E-state index < -0.39 is 17.8 Å². The Morgan fingerprint density at radius 1 is 1.30 bits per heavy atom. The number of benzene rings is 1. The molecule has 2 amide bonds. The largest absolute Gasteiger partial charge is 0.463 e. The zero-order valence-electron chi connectivity index (χ0n) is 13.1. The summed E-state index contributed by atoms with van der Waals surface area (Å²) in [4.78, 5) is 35.0. The van der Waals surface area contributed by atoms with Gasteiger partial charge in [0.1, 0.15) is 0 Å². The van der Waals surface area contributed by atoms with Crippen molar-refractivity contribution < 1.29 is 19.1 Å². The van der Waals surface area contributed by atoms with E-state index in [2.05, 4.69) is 15.4 Å². The molecule has 0 aromatic heterocycles. The van der Waals surface area contributed by atoms with Crippen LogP contribution in [0.1, 0.15) is 28.4 Å². The van der Waals surface area contributed by atoms with Crippen LogP contribution >= 0.6 is 0 Å². The second-order valence-electron chi connectivity index (χ2n) is 4.48. The zero-order chi connectivity index (χ0) is 17.4. The minimum absolute atomic E-state index is 0.168. The quantitative estimate of drug-likeness (QED) is 0.628. The minimum Gasteiger partial charge on any atom is -0.463 e. The molecule has 0 radical (unpaired) electrons. The van der Waals surface area contributed by atoms with Crippen molar-refractivity contribution in [3.05, 3.63) is 41.0 Å². The molecule has 0 saturated heterocycles. The summed E-state index contributed by atoms with van der Waals surface area (Å²) in [6.07, 6.45) is 2.01. The molecule has 120 valence electrons. The Morgan fingerprint density at radius 3 is 2.57 bits per heavy atom. The van der Waals surface area contributed by atoms with Gasteiger partial charge in [-0.3, -0.25) is 9.59 Å². The highest BCUT2D eigenvalue weighted by Crippen LogP contribution is 2.23. The van der Waals surface area contributed by atoms with Gasteiger partial charge in [-0.1, -0.05) is 0 Å². The van der Waals surface area contributed by atoms with E-state index in [0.29, 0.717) is 11.1 Å². The van der Waals surface area contributed by atoms with Crippen LogP contribution in [-0.4, -0.2) is 31.4 Å². The molecule has 2 N–H and O–H groups in total. The second-order valence-corrected chi connectivity index (χ2v) is 4.48. The maximum Gasteiger partial charge on any atom is 0.330 e. The summed E-state index contributed by atoms with van der Waals surface area (Å²) >= 11 is 0. The van der Waals surface area contributed by atoms with Crippen LogP contribution in [0.2, 0.25) is 0 Å². The average molecular weight is 315 g/mol. The van der Waals surface area contributed by atoms with Crippen LogP contribution in [0, 0.1) is 18.3 Å². The molecule has 7 nitrogen and oxygen atoms in total. The summed E-state index contributed by atoms with van der Waals surface area (Å²) in [5, 5.41) is 14.0. The van der Waals surface area contributed by atoms with E-state index in [0.717, 1.165) is 12.2 Å². The van der Waals surface area contributed by atoms with Crippen molar-refractivity contribution in [2.75, 3.05) is 19.0 Å². The van der Waals surface area contributed by atoms with Crippen molar-refractivity contribution in [3.63, 3.8) is 0 Å². The van der Waals surface area contributed by atoms with Gasteiger partial charge in [0.25, 0.3) is 5.91 Å². The Balaban J connectivity index is 3.08. The molecule has 7 heteroatoms. The summed E-state index contributed by atoms with van der Waals surface area (Å²) in [7, 11) is 1.45. The van der Waals surface area contributed by atoms with E-state index in [1.54, 1.807) is 19.9 Å². The van der Waals surface area contributed by atoms with Crippen LogP contribution < -0.4 is 10.6 Å². The third kappa shape index (κ3) is 4.97. The van der Waals surface area contributed by atoms with E-state index in [1.165, 1.54) is 13.1 Å². The maximum atomic E-state index is 11.9. The summed E-state index contributed by atoms with van der Waals surface area (Å²) in [5.74, 6) is -1.66. The minimum atomic E-state index is -0.634. The number of hydrogen-bond donors (Lipinski definition) is 2. The predicted molar refractivity (Wildman–Crippen MR) is 83.7 cm³/mol. The zero-order valence-corrected chi connectivity index (χ0v) is 13.1. The molecule has 0 aliphatic heterocycles. The third-order valence-electron chi connectivity index (χ3n) is 2.84. The van der Waals surface area contributed by atoms with Crippen LogP contribution in [0.3, 0.4) is 0 Å². The fraction of sp³-hybridized carbons (Fsp3) is 0.250. The molecule has 0 spiro atoms. The standard InChI is InChI=1S/C16H17N3O4/c1-4-23-14(21)6-5-13(20)19-15-10(2)7-11(9-17)8-12(15)16(22)18-3/h5-8H,4H2,1-3H3,(H,18,22)(H,19,20)/b6-5-. The monoisotopic (exact) mass is 315 g/mol. The number of carbonyl (C=O) groups excluding carboxylic acids is 3. The number of nitrogens with one attached hydrogen (secondary N) is 2. The lowest BCUT2D eigenvalue weighted by Gasteiger charge is -2.12. The number of nitriles is 1. The molecule has 1 aromatic rings. The van der Waals surface area contributed by atoms with E-state index in [1.807, 2.05) is 6.07 Å². The molecule has 0 fully saturated rings. The van der Waals surface area contributed by atoms with E-state index in [4.69, 9.17) is 5.26 Å². The molecular weight excluding hydrogens is 298 g/mol. The van der Waals surface area contributed by atoms with E-state index in [-0.39, 0.29) is 17.9 Å². The highest BCUT2D eigenvalue weighted by Gasteiger charge is 2.15. The van der Waals surface area contributed by atoms with Gasteiger partial charge in [0.15, 0.2) is 0 Å². The summed E-state index contributed by atoms with van der Waals surface area (Å²) in [6.45, 7) is 3.53. The van der Waals surface area contributed by atoms with Crippen molar-refractivity contribution in [2.24, 2.45) is 0 Å². The van der Waals surface area contributed by atoms with Gasteiger partial charge in [0, 0.05) is 19.2 Å². The van der Waals surface area contributed by atoms with Crippen LogP contribution in [0.15, 0.2) is 24.3 Å². The van der Waals surface area contributed by atoms with Gasteiger partial charge < -0.3 is 15.4 Å². The number of anilines is 1. The highest BCUT2D eigenvalue weighted by atomic mass is 16.5. The molecule has 0 bridgehead atoms. The lowest BCUT2D eigenvalue weighted by atomic mass is 10.0. The summed E-state index contributed by atoms with van der Waals surface area (Å²) in [6, 6.07) is 4.89. The lowest BCUT2D eigenvalue weighted by Crippen LogP contribution is -2.22. The van der Waals surface area contributed by atoms with Gasteiger partial charge in [-0.05, 0) is 31.5 Å². The van der Waals surface area contributed by atoms with Crippen LogP contribution in [0.25, 0.3) is 0 Å². The van der Waals surface area contributed by atoms with Gasteiger partial charge in [-0.2, -0.15) is 5.26 Å². The fourth-order valence-electron chi connectivity index (χ4n) is 1.83. The molecule has 0 heterocycles. The number of esters is 1. The summed E-state index contributed by atoms with van der Waals surface area (Å²) < 4.78 is 4.67. The first-order valence-corrected chi connectivity index (χ1v) is 6.85. The smallest absolute Gasteiger partial charge is 0.330 e. The predicted octanol–water partition coefficient (Wildman–Crippen LogP) is 1.28. The number of carbonyl (C=O) groups is 3. The second kappa shape index (κ2) is 8.34.